The van der Waals surface area contributed by atoms with Crippen LogP contribution in [0.5, 0.6) is 5.75 Å². The molecule has 1 aliphatic rings. The standard InChI is InChI=1S/C18H28N2O2/c1-14-8-10-16(11-9-14)22-13-5-12-19-18(21)20-17-7-4-3-6-15(17)2/h8-11,15,17H,3-7,12-13H2,1-2H3,(H2,19,20,21). The lowest BCUT2D eigenvalue weighted by molar-refractivity contribution is 0.220. The Kier molecular flexibility index (Phi) is 6.56. The molecule has 0 radical (unpaired) electrons. The first kappa shape index (κ1) is 16.7. The molecule has 4 nitrogen and oxygen atoms in total. The highest BCUT2D eigenvalue weighted by atomic mass is 16.5. The molecule has 0 heterocycles. The van der Waals surface area contributed by atoms with E-state index >= 15 is 0 Å². The summed E-state index contributed by atoms with van der Waals surface area (Å²) in [4.78, 5) is 11.9. The number of ether oxygens (including phenoxy) is 1. The molecule has 0 aliphatic heterocycles. The van der Waals surface area contributed by atoms with Gasteiger partial charge in [-0.2, -0.15) is 0 Å². The average Bonchev–Trinajstić information content (AvgIpc) is 2.51. The zero-order chi connectivity index (χ0) is 15.8. The van der Waals surface area contributed by atoms with Crippen molar-refractivity contribution >= 4 is 6.03 Å². The largest absolute Gasteiger partial charge is 0.494 e. The number of amides is 2. The van der Waals surface area contributed by atoms with Gasteiger partial charge in [-0.25, -0.2) is 4.79 Å². The van der Waals surface area contributed by atoms with Gasteiger partial charge >= 0.3 is 6.03 Å². The van der Waals surface area contributed by atoms with Crippen molar-refractivity contribution in [3.63, 3.8) is 0 Å². The summed E-state index contributed by atoms with van der Waals surface area (Å²) >= 11 is 0. The minimum atomic E-state index is -0.0471. The van der Waals surface area contributed by atoms with Crippen LogP contribution in [0.3, 0.4) is 0 Å². The van der Waals surface area contributed by atoms with Crippen LogP contribution in [0.1, 0.15) is 44.6 Å². The predicted molar refractivity (Wildman–Crippen MR) is 89.2 cm³/mol. The van der Waals surface area contributed by atoms with Crippen LogP contribution in [-0.2, 0) is 0 Å². The molecule has 1 aliphatic carbocycles. The van der Waals surface area contributed by atoms with Crippen molar-refractivity contribution in [2.75, 3.05) is 13.2 Å². The summed E-state index contributed by atoms with van der Waals surface area (Å²) in [6.07, 6.45) is 5.64. The first-order valence-corrected chi connectivity index (χ1v) is 8.39. The third kappa shape index (κ3) is 5.58. The molecule has 122 valence electrons. The van der Waals surface area contributed by atoms with E-state index in [9.17, 15) is 4.79 Å². The summed E-state index contributed by atoms with van der Waals surface area (Å²) in [5.41, 5.74) is 1.22. The van der Waals surface area contributed by atoms with E-state index in [-0.39, 0.29) is 6.03 Å². The van der Waals surface area contributed by atoms with Gasteiger partial charge in [-0.3, -0.25) is 0 Å². The smallest absolute Gasteiger partial charge is 0.315 e. The highest BCUT2D eigenvalue weighted by molar-refractivity contribution is 5.74. The average molecular weight is 304 g/mol. The molecule has 0 bridgehead atoms. The number of benzene rings is 1. The minimum Gasteiger partial charge on any atom is -0.494 e. The maximum Gasteiger partial charge on any atom is 0.315 e. The zero-order valence-corrected chi connectivity index (χ0v) is 13.7. The Bertz CT molecular complexity index is 459. The van der Waals surface area contributed by atoms with E-state index in [0.717, 1.165) is 18.6 Å². The second-order valence-electron chi connectivity index (χ2n) is 6.28. The Morgan fingerprint density at radius 1 is 1.23 bits per heavy atom. The van der Waals surface area contributed by atoms with Gasteiger partial charge in [0.15, 0.2) is 0 Å². The maximum absolute atomic E-state index is 11.9. The summed E-state index contributed by atoms with van der Waals surface area (Å²) < 4.78 is 5.64. The fourth-order valence-electron chi connectivity index (χ4n) is 2.85. The van der Waals surface area contributed by atoms with Gasteiger partial charge in [-0.1, -0.05) is 37.5 Å². The van der Waals surface area contributed by atoms with Crippen LogP contribution in [0.2, 0.25) is 0 Å². The highest BCUT2D eigenvalue weighted by Crippen LogP contribution is 2.23. The van der Waals surface area contributed by atoms with Gasteiger partial charge in [-0.15, -0.1) is 0 Å². The van der Waals surface area contributed by atoms with Crippen molar-refractivity contribution < 1.29 is 9.53 Å². The topological polar surface area (TPSA) is 50.4 Å². The molecule has 2 N–H and O–H groups in total. The van der Waals surface area contributed by atoms with Gasteiger partial charge in [0, 0.05) is 12.6 Å². The molecular weight excluding hydrogens is 276 g/mol. The molecule has 1 fully saturated rings. The molecule has 4 heteroatoms. The molecule has 2 rings (SSSR count). The van der Waals surface area contributed by atoms with E-state index in [4.69, 9.17) is 4.74 Å². The molecule has 1 aromatic carbocycles. The van der Waals surface area contributed by atoms with Crippen molar-refractivity contribution in [2.24, 2.45) is 5.92 Å². The first-order valence-electron chi connectivity index (χ1n) is 8.39. The Hall–Kier alpha value is -1.71. The lowest BCUT2D eigenvalue weighted by atomic mass is 9.86. The Morgan fingerprint density at radius 2 is 1.95 bits per heavy atom. The minimum absolute atomic E-state index is 0.0471. The number of hydrogen-bond donors (Lipinski definition) is 2. The van der Waals surface area contributed by atoms with Crippen LogP contribution >= 0.6 is 0 Å². The van der Waals surface area contributed by atoms with Crippen LogP contribution in [-0.4, -0.2) is 25.2 Å². The fourth-order valence-corrected chi connectivity index (χ4v) is 2.85. The second kappa shape index (κ2) is 8.66. The molecule has 2 atom stereocenters. The van der Waals surface area contributed by atoms with Crippen LogP contribution in [0.25, 0.3) is 0 Å². The summed E-state index contributed by atoms with van der Waals surface area (Å²) in [5, 5.41) is 6.01. The molecular formula is C18H28N2O2. The van der Waals surface area contributed by atoms with Crippen LogP contribution in [0.15, 0.2) is 24.3 Å². The Morgan fingerprint density at radius 3 is 2.68 bits per heavy atom. The van der Waals surface area contributed by atoms with Crippen LogP contribution < -0.4 is 15.4 Å². The van der Waals surface area contributed by atoms with Crippen molar-refractivity contribution in [1.82, 2.24) is 10.6 Å². The van der Waals surface area contributed by atoms with Crippen molar-refractivity contribution in [1.29, 1.82) is 0 Å². The molecule has 22 heavy (non-hydrogen) atoms. The van der Waals surface area contributed by atoms with Gasteiger partial charge in [0.2, 0.25) is 0 Å². The van der Waals surface area contributed by atoms with E-state index < -0.39 is 0 Å². The van der Waals surface area contributed by atoms with Gasteiger partial charge in [0.05, 0.1) is 6.61 Å². The second-order valence-corrected chi connectivity index (χ2v) is 6.28. The van der Waals surface area contributed by atoms with E-state index in [1.54, 1.807) is 0 Å². The number of carbonyl (C=O) groups is 1. The number of urea groups is 1. The van der Waals surface area contributed by atoms with Crippen molar-refractivity contribution in [2.45, 2.75) is 52.0 Å². The summed E-state index contributed by atoms with van der Waals surface area (Å²) in [6, 6.07) is 8.30. The lowest BCUT2D eigenvalue weighted by Crippen LogP contribution is -2.46. The Labute approximate surface area is 133 Å². The molecule has 0 saturated heterocycles. The summed E-state index contributed by atoms with van der Waals surface area (Å²) in [6.45, 7) is 5.53. The maximum atomic E-state index is 11.9. The number of aryl methyl sites for hydroxylation is 1. The number of hydrogen-bond acceptors (Lipinski definition) is 2. The van der Waals surface area contributed by atoms with E-state index in [1.165, 1.54) is 24.8 Å². The van der Waals surface area contributed by atoms with Crippen molar-refractivity contribution in [3.8, 4) is 5.75 Å². The molecule has 1 saturated carbocycles. The first-order chi connectivity index (χ1) is 10.6. The number of rotatable bonds is 6. The van der Waals surface area contributed by atoms with Crippen LogP contribution in [0, 0.1) is 12.8 Å². The SMILES string of the molecule is Cc1ccc(OCCCNC(=O)NC2CCCCC2C)cc1. The normalized spacial score (nSPS) is 21.2. The lowest BCUT2D eigenvalue weighted by Gasteiger charge is -2.29. The van der Waals surface area contributed by atoms with E-state index in [2.05, 4.69) is 24.5 Å². The van der Waals surface area contributed by atoms with Gasteiger partial charge in [0.1, 0.15) is 5.75 Å². The molecule has 2 amide bonds. The van der Waals surface area contributed by atoms with Gasteiger partial charge < -0.3 is 15.4 Å². The monoisotopic (exact) mass is 304 g/mol. The quantitative estimate of drug-likeness (QED) is 0.788. The zero-order valence-electron chi connectivity index (χ0n) is 13.7. The van der Waals surface area contributed by atoms with Crippen LogP contribution in [0.4, 0.5) is 4.79 Å². The predicted octanol–water partition coefficient (Wildman–Crippen LogP) is 3.64. The third-order valence-electron chi connectivity index (χ3n) is 4.32. The summed E-state index contributed by atoms with van der Waals surface area (Å²) in [7, 11) is 0. The number of nitrogens with one attached hydrogen (secondary N) is 2. The molecule has 1 aromatic rings. The van der Waals surface area contributed by atoms with E-state index in [1.807, 2.05) is 24.3 Å². The van der Waals surface area contributed by atoms with Gasteiger partial charge in [0.25, 0.3) is 0 Å². The van der Waals surface area contributed by atoms with Gasteiger partial charge in [-0.05, 0) is 44.2 Å². The Balaban J connectivity index is 1.56. The third-order valence-corrected chi connectivity index (χ3v) is 4.32. The van der Waals surface area contributed by atoms with E-state index in [0.29, 0.717) is 25.1 Å². The molecule has 0 spiro atoms. The summed E-state index contributed by atoms with van der Waals surface area (Å²) in [5.74, 6) is 1.47. The number of carbonyl (C=O) groups excluding carboxylic acids is 1. The molecule has 2 unspecified atom stereocenters. The molecule has 0 aromatic heterocycles. The van der Waals surface area contributed by atoms with Crippen molar-refractivity contribution in [3.05, 3.63) is 29.8 Å². The highest BCUT2D eigenvalue weighted by Gasteiger charge is 2.22. The fraction of sp³-hybridized carbons (Fsp3) is 0.611.